The number of aliphatic hydroxyl groups is 1. The second-order valence-corrected chi connectivity index (χ2v) is 5.68. The third kappa shape index (κ3) is 3.42. The fourth-order valence-electron chi connectivity index (χ4n) is 2.84. The molecule has 1 heterocycles. The van der Waals surface area contributed by atoms with Crippen LogP contribution < -0.4 is 0 Å². The molecule has 20 heavy (non-hydrogen) atoms. The van der Waals surface area contributed by atoms with Crippen LogP contribution in [-0.2, 0) is 4.79 Å². The number of carboxylic acids is 1. The highest BCUT2D eigenvalue weighted by Crippen LogP contribution is 2.34. The van der Waals surface area contributed by atoms with E-state index in [4.69, 9.17) is 0 Å². The topological polar surface area (TPSA) is 81.1 Å². The van der Waals surface area contributed by atoms with Crippen LogP contribution in [0.15, 0.2) is 0 Å². The first-order valence-corrected chi connectivity index (χ1v) is 7.29. The molecule has 0 bridgehead atoms. The van der Waals surface area contributed by atoms with E-state index >= 15 is 0 Å². The van der Waals surface area contributed by atoms with Crippen LogP contribution in [0.2, 0.25) is 0 Å². The molecule has 0 aromatic heterocycles. The molecule has 0 aromatic rings. The van der Waals surface area contributed by atoms with Crippen molar-refractivity contribution in [3.63, 3.8) is 0 Å². The van der Waals surface area contributed by atoms with E-state index < -0.39 is 17.6 Å². The molecule has 2 N–H and O–H groups in total. The van der Waals surface area contributed by atoms with Crippen molar-refractivity contribution in [2.45, 2.75) is 57.6 Å². The van der Waals surface area contributed by atoms with Crippen LogP contribution in [0.3, 0.4) is 0 Å². The second kappa shape index (κ2) is 6.92. The maximum absolute atomic E-state index is 12.5. The predicted octanol–water partition coefficient (Wildman–Crippen LogP) is 1.53. The number of carboxylic acid groups (broad SMARTS) is 1. The van der Waals surface area contributed by atoms with Crippen LogP contribution in [0.5, 0.6) is 0 Å². The summed E-state index contributed by atoms with van der Waals surface area (Å²) in [4.78, 5) is 27.1. The molecule has 1 saturated heterocycles. The molecule has 116 valence electrons. The summed E-state index contributed by atoms with van der Waals surface area (Å²) < 4.78 is 0. The molecule has 0 radical (unpaired) electrons. The fraction of sp³-hybridized carbons (Fsp3) is 0.857. The summed E-state index contributed by atoms with van der Waals surface area (Å²) >= 11 is 0. The van der Waals surface area contributed by atoms with E-state index in [1.54, 1.807) is 14.0 Å². The Hall–Kier alpha value is -1.30. The van der Waals surface area contributed by atoms with Crippen molar-refractivity contribution < 1.29 is 19.8 Å². The van der Waals surface area contributed by atoms with E-state index in [-0.39, 0.29) is 6.03 Å². The van der Waals surface area contributed by atoms with Gasteiger partial charge in [-0.25, -0.2) is 9.59 Å². The smallest absolute Gasteiger partial charge is 0.329 e. The maximum Gasteiger partial charge on any atom is 0.329 e. The Morgan fingerprint density at radius 1 is 1.45 bits per heavy atom. The minimum atomic E-state index is -1.05. The van der Waals surface area contributed by atoms with Crippen LogP contribution in [0.25, 0.3) is 0 Å². The van der Waals surface area contributed by atoms with E-state index in [2.05, 4.69) is 0 Å². The SMILES string of the molecule is CCCC1(C(=O)O)CCCN1C(=O)N(C)CCC(C)O. The first-order valence-electron chi connectivity index (χ1n) is 7.29. The van der Waals surface area contributed by atoms with Crippen molar-refractivity contribution >= 4 is 12.0 Å². The van der Waals surface area contributed by atoms with Gasteiger partial charge in [-0.1, -0.05) is 13.3 Å². The van der Waals surface area contributed by atoms with Crippen molar-refractivity contribution in [3.05, 3.63) is 0 Å². The molecule has 2 amide bonds. The number of rotatable bonds is 6. The third-order valence-corrected chi connectivity index (χ3v) is 3.99. The Labute approximate surface area is 120 Å². The van der Waals surface area contributed by atoms with Crippen LogP contribution in [-0.4, -0.2) is 63.8 Å². The molecule has 6 nitrogen and oxygen atoms in total. The molecule has 6 heteroatoms. The van der Waals surface area contributed by atoms with Crippen molar-refractivity contribution in [1.82, 2.24) is 9.80 Å². The molecule has 1 fully saturated rings. The highest BCUT2D eigenvalue weighted by atomic mass is 16.4. The van der Waals surface area contributed by atoms with E-state index in [0.717, 1.165) is 12.8 Å². The number of carbonyl (C=O) groups is 2. The van der Waals surface area contributed by atoms with Crippen LogP contribution in [0, 0.1) is 0 Å². The first kappa shape index (κ1) is 16.8. The van der Waals surface area contributed by atoms with Crippen LogP contribution in [0.1, 0.15) is 46.0 Å². The molecule has 0 saturated carbocycles. The standard InChI is InChI=1S/C14H26N2O4/c1-4-7-14(12(18)19)8-5-9-16(14)13(20)15(3)10-6-11(2)17/h11,17H,4-10H2,1-3H3,(H,18,19). The molecule has 1 aliphatic rings. The number of aliphatic hydroxyl groups excluding tert-OH is 1. The summed E-state index contributed by atoms with van der Waals surface area (Å²) in [5, 5.41) is 18.8. The molecule has 0 aliphatic carbocycles. The number of likely N-dealkylation sites (tertiary alicyclic amines) is 1. The lowest BCUT2D eigenvalue weighted by molar-refractivity contribution is -0.148. The molecular weight excluding hydrogens is 260 g/mol. The van der Waals surface area contributed by atoms with Gasteiger partial charge in [-0.2, -0.15) is 0 Å². The summed E-state index contributed by atoms with van der Waals surface area (Å²) in [6, 6.07) is -0.251. The maximum atomic E-state index is 12.5. The van der Waals surface area contributed by atoms with E-state index in [1.165, 1.54) is 9.80 Å². The Bertz CT molecular complexity index is 359. The van der Waals surface area contributed by atoms with Gasteiger partial charge in [0.05, 0.1) is 6.10 Å². The van der Waals surface area contributed by atoms with E-state index in [0.29, 0.717) is 32.4 Å². The number of amides is 2. The number of hydrogen-bond donors (Lipinski definition) is 2. The zero-order chi connectivity index (χ0) is 15.3. The Kier molecular flexibility index (Phi) is 5.80. The van der Waals surface area contributed by atoms with E-state index in [9.17, 15) is 19.8 Å². The molecular formula is C14H26N2O4. The zero-order valence-corrected chi connectivity index (χ0v) is 12.6. The van der Waals surface area contributed by atoms with Crippen molar-refractivity contribution in [2.75, 3.05) is 20.1 Å². The second-order valence-electron chi connectivity index (χ2n) is 5.68. The van der Waals surface area contributed by atoms with Gasteiger partial charge < -0.3 is 20.0 Å². The quantitative estimate of drug-likeness (QED) is 0.776. The lowest BCUT2D eigenvalue weighted by Crippen LogP contribution is -2.56. The monoisotopic (exact) mass is 286 g/mol. The number of urea groups is 1. The lowest BCUT2D eigenvalue weighted by atomic mass is 9.91. The third-order valence-electron chi connectivity index (χ3n) is 3.99. The van der Waals surface area contributed by atoms with Crippen LogP contribution in [0.4, 0.5) is 4.79 Å². The number of hydrogen-bond acceptors (Lipinski definition) is 3. The largest absolute Gasteiger partial charge is 0.479 e. The zero-order valence-electron chi connectivity index (χ0n) is 12.6. The summed E-state index contributed by atoms with van der Waals surface area (Å²) in [5.74, 6) is -0.908. The predicted molar refractivity (Wildman–Crippen MR) is 75.5 cm³/mol. The van der Waals surface area contributed by atoms with Gasteiger partial charge in [0, 0.05) is 20.1 Å². The Balaban J connectivity index is 2.81. The van der Waals surface area contributed by atoms with Gasteiger partial charge >= 0.3 is 12.0 Å². The highest BCUT2D eigenvalue weighted by molar-refractivity contribution is 5.87. The lowest BCUT2D eigenvalue weighted by Gasteiger charge is -2.37. The molecule has 2 unspecified atom stereocenters. The molecule has 0 spiro atoms. The van der Waals surface area contributed by atoms with Gasteiger partial charge in [0.2, 0.25) is 0 Å². The normalized spacial score (nSPS) is 23.7. The Morgan fingerprint density at radius 3 is 2.60 bits per heavy atom. The van der Waals surface area contributed by atoms with Gasteiger partial charge in [-0.05, 0) is 32.6 Å². The summed E-state index contributed by atoms with van der Waals surface area (Å²) in [6.45, 7) is 4.52. The van der Waals surface area contributed by atoms with Crippen molar-refractivity contribution in [1.29, 1.82) is 0 Å². The summed E-state index contributed by atoms with van der Waals surface area (Å²) in [7, 11) is 1.65. The number of nitrogens with zero attached hydrogens (tertiary/aromatic N) is 2. The van der Waals surface area contributed by atoms with Gasteiger partial charge in [0.25, 0.3) is 0 Å². The summed E-state index contributed by atoms with van der Waals surface area (Å²) in [5.41, 5.74) is -1.05. The van der Waals surface area contributed by atoms with Gasteiger partial charge in [-0.3, -0.25) is 0 Å². The molecule has 1 rings (SSSR count). The minimum Gasteiger partial charge on any atom is -0.479 e. The molecule has 0 aromatic carbocycles. The molecule has 1 aliphatic heterocycles. The summed E-state index contributed by atoms with van der Waals surface area (Å²) in [6.07, 6.45) is 2.48. The average Bonchev–Trinajstić information content (AvgIpc) is 2.80. The van der Waals surface area contributed by atoms with Crippen molar-refractivity contribution in [3.8, 4) is 0 Å². The minimum absolute atomic E-state index is 0.251. The number of aliphatic carboxylic acids is 1. The van der Waals surface area contributed by atoms with Gasteiger partial charge in [-0.15, -0.1) is 0 Å². The first-order chi connectivity index (χ1) is 9.35. The Morgan fingerprint density at radius 2 is 2.10 bits per heavy atom. The van der Waals surface area contributed by atoms with Crippen molar-refractivity contribution in [2.24, 2.45) is 0 Å². The van der Waals surface area contributed by atoms with Gasteiger partial charge in [0.1, 0.15) is 5.54 Å². The van der Waals surface area contributed by atoms with E-state index in [1.807, 2.05) is 6.92 Å². The average molecular weight is 286 g/mol. The number of carbonyl (C=O) groups excluding carboxylic acids is 1. The van der Waals surface area contributed by atoms with Crippen LogP contribution >= 0.6 is 0 Å². The van der Waals surface area contributed by atoms with Gasteiger partial charge in [0.15, 0.2) is 0 Å². The molecule has 2 atom stereocenters. The highest BCUT2D eigenvalue weighted by Gasteiger charge is 2.49. The fourth-order valence-corrected chi connectivity index (χ4v) is 2.84.